The lowest BCUT2D eigenvalue weighted by Crippen LogP contribution is -2.41. The van der Waals surface area contributed by atoms with Crippen molar-refractivity contribution < 1.29 is 36.8 Å². The second-order valence-corrected chi connectivity index (χ2v) is 7.07. The van der Waals surface area contributed by atoms with Crippen LogP contribution in [0.3, 0.4) is 0 Å². The topological polar surface area (TPSA) is 77.8 Å². The predicted octanol–water partition coefficient (Wildman–Crippen LogP) is 2.96. The van der Waals surface area contributed by atoms with Gasteiger partial charge in [0.15, 0.2) is 0 Å². The highest BCUT2D eigenvalue weighted by atomic mass is 19.4. The van der Waals surface area contributed by atoms with Crippen LogP contribution in [0.5, 0.6) is 0 Å². The number of allylic oxidation sites excluding steroid dienone is 1. The van der Waals surface area contributed by atoms with Crippen molar-refractivity contribution >= 4 is 13.1 Å². The fourth-order valence-electron chi connectivity index (χ4n) is 2.38. The molecule has 148 valence electrons. The number of hydrogen-bond acceptors (Lipinski definition) is 4. The molecule has 11 heteroatoms. The van der Waals surface area contributed by atoms with Gasteiger partial charge in [0.1, 0.15) is 11.3 Å². The Morgan fingerprint density at radius 1 is 1.22 bits per heavy atom. The van der Waals surface area contributed by atoms with E-state index >= 15 is 0 Å². The lowest BCUT2D eigenvalue weighted by Gasteiger charge is -2.32. The number of carboxylic acids is 1. The summed E-state index contributed by atoms with van der Waals surface area (Å²) in [7, 11) is -1.90. The second-order valence-electron chi connectivity index (χ2n) is 7.07. The number of carbonyl (C=O) groups is 1. The van der Waals surface area contributed by atoms with E-state index < -0.39 is 59.4 Å². The Hall–Kier alpha value is -2.14. The predicted molar refractivity (Wildman–Crippen MR) is 87.9 cm³/mol. The van der Waals surface area contributed by atoms with Crippen LogP contribution in [0.1, 0.15) is 38.1 Å². The molecule has 1 aromatic rings. The van der Waals surface area contributed by atoms with Gasteiger partial charge in [0.05, 0.1) is 23.3 Å². The Morgan fingerprint density at radius 2 is 1.74 bits per heavy atom. The van der Waals surface area contributed by atoms with E-state index in [1.165, 1.54) is 0 Å². The smallest absolute Gasteiger partial charge is 0.477 e. The summed E-state index contributed by atoms with van der Waals surface area (Å²) in [6, 6.07) is 2.04. The van der Waals surface area contributed by atoms with Crippen molar-refractivity contribution in [3.8, 4) is 0 Å². The van der Waals surface area contributed by atoms with E-state index in [0.29, 0.717) is 4.57 Å². The third-order valence-corrected chi connectivity index (χ3v) is 4.67. The van der Waals surface area contributed by atoms with E-state index in [1.54, 1.807) is 27.7 Å². The van der Waals surface area contributed by atoms with Crippen molar-refractivity contribution in [2.45, 2.75) is 51.6 Å². The van der Waals surface area contributed by atoms with Crippen molar-refractivity contribution in [1.29, 1.82) is 0 Å². The first kappa shape index (κ1) is 21.2. The molecular formula is C16H18BF4NO5. The SMILES string of the molecule is CC1(C)OB(C(F)=C(Cn2cccc(C(=O)O)c2=O)C(F)(F)F)OC1(C)C. The average molecular weight is 391 g/mol. The van der Waals surface area contributed by atoms with E-state index in [1.807, 2.05) is 0 Å². The maximum Gasteiger partial charge on any atom is 0.525 e. The van der Waals surface area contributed by atoms with Crippen LogP contribution >= 0.6 is 0 Å². The molecule has 1 saturated heterocycles. The lowest BCUT2D eigenvalue weighted by atomic mass is 9.84. The molecule has 1 fully saturated rings. The molecule has 1 N–H and O–H groups in total. The third kappa shape index (κ3) is 4.08. The Labute approximate surface area is 152 Å². The van der Waals surface area contributed by atoms with Crippen molar-refractivity contribution in [1.82, 2.24) is 4.57 Å². The standard InChI is InChI=1S/C16H18BF4NO5/c1-14(2)15(3,4)27-17(26-14)11(18)10(16(19,20)21)8-22-7-5-6-9(12(22)23)13(24)25/h5-7H,8H2,1-4H3,(H,24,25). The van der Waals surface area contributed by atoms with Crippen LogP contribution in [-0.2, 0) is 15.9 Å². The van der Waals surface area contributed by atoms with Crippen LogP contribution in [0.4, 0.5) is 17.6 Å². The maximum atomic E-state index is 14.7. The van der Waals surface area contributed by atoms with Crippen LogP contribution in [-0.4, -0.2) is 40.1 Å². The largest absolute Gasteiger partial charge is 0.525 e. The van der Waals surface area contributed by atoms with Gasteiger partial charge in [-0.3, -0.25) is 4.79 Å². The van der Waals surface area contributed by atoms with Crippen LogP contribution in [0.25, 0.3) is 0 Å². The number of aromatic carboxylic acids is 1. The van der Waals surface area contributed by atoms with Gasteiger partial charge in [-0.1, -0.05) is 0 Å². The summed E-state index contributed by atoms with van der Waals surface area (Å²) in [5.74, 6) is -1.60. The highest BCUT2D eigenvalue weighted by Gasteiger charge is 2.55. The van der Waals surface area contributed by atoms with Crippen molar-refractivity contribution in [2.75, 3.05) is 0 Å². The highest BCUT2D eigenvalue weighted by molar-refractivity contribution is 6.53. The summed E-state index contributed by atoms with van der Waals surface area (Å²) in [6.07, 6.45) is -4.19. The molecular weight excluding hydrogens is 373 g/mol. The van der Waals surface area contributed by atoms with Gasteiger partial charge >= 0.3 is 19.3 Å². The molecule has 1 aliphatic heterocycles. The van der Waals surface area contributed by atoms with E-state index in [-0.39, 0.29) is 0 Å². The van der Waals surface area contributed by atoms with E-state index in [9.17, 15) is 27.2 Å². The molecule has 0 aromatic carbocycles. The van der Waals surface area contributed by atoms with Crippen LogP contribution in [0, 0.1) is 0 Å². The first-order valence-corrected chi connectivity index (χ1v) is 7.91. The number of alkyl halides is 3. The Kier molecular flexibility index (Phi) is 5.32. The number of rotatable bonds is 4. The summed E-state index contributed by atoms with van der Waals surface area (Å²) < 4.78 is 66.1. The molecule has 0 amide bonds. The van der Waals surface area contributed by atoms with Crippen LogP contribution < -0.4 is 5.56 Å². The summed E-state index contributed by atoms with van der Waals surface area (Å²) in [5.41, 5.74) is -7.44. The summed E-state index contributed by atoms with van der Waals surface area (Å²) in [4.78, 5) is 23.0. The van der Waals surface area contributed by atoms with Gasteiger partial charge in [-0.05, 0) is 39.8 Å². The highest BCUT2D eigenvalue weighted by Crippen LogP contribution is 2.41. The first-order valence-electron chi connectivity index (χ1n) is 7.91. The maximum absolute atomic E-state index is 14.7. The minimum Gasteiger partial charge on any atom is -0.477 e. The van der Waals surface area contributed by atoms with E-state index in [0.717, 1.165) is 18.3 Å². The molecule has 0 aliphatic carbocycles. The van der Waals surface area contributed by atoms with Crippen molar-refractivity contribution in [3.63, 3.8) is 0 Å². The first-order chi connectivity index (χ1) is 12.2. The fraction of sp³-hybridized carbons (Fsp3) is 0.500. The van der Waals surface area contributed by atoms with E-state index in [4.69, 9.17) is 14.4 Å². The molecule has 27 heavy (non-hydrogen) atoms. The molecule has 0 atom stereocenters. The van der Waals surface area contributed by atoms with Crippen molar-refractivity contribution in [2.24, 2.45) is 0 Å². The van der Waals surface area contributed by atoms with Gasteiger partial charge in [0, 0.05) is 6.20 Å². The molecule has 0 unspecified atom stereocenters. The van der Waals surface area contributed by atoms with Gasteiger partial charge in [-0.15, -0.1) is 0 Å². The number of carboxylic acid groups (broad SMARTS) is 1. The molecule has 0 bridgehead atoms. The number of pyridine rings is 1. The normalized spacial score (nSPS) is 19.8. The minimum atomic E-state index is -5.13. The molecule has 0 spiro atoms. The van der Waals surface area contributed by atoms with Gasteiger partial charge in [-0.25, -0.2) is 9.18 Å². The van der Waals surface area contributed by atoms with Crippen LogP contribution in [0.2, 0.25) is 0 Å². The van der Waals surface area contributed by atoms with Gasteiger partial charge in [0.2, 0.25) is 0 Å². The second kappa shape index (κ2) is 6.79. The monoisotopic (exact) mass is 391 g/mol. The number of nitrogens with zero attached hydrogens (tertiary/aromatic N) is 1. The zero-order valence-electron chi connectivity index (χ0n) is 15.1. The summed E-state index contributed by atoms with van der Waals surface area (Å²) in [5, 5.41) is 8.92. The summed E-state index contributed by atoms with van der Waals surface area (Å²) in [6.45, 7) is 4.98. The molecule has 0 saturated carbocycles. The van der Waals surface area contributed by atoms with Gasteiger partial charge in [0.25, 0.3) is 5.56 Å². The Bertz CT molecular complexity index is 828. The van der Waals surface area contributed by atoms with Gasteiger partial charge < -0.3 is 19.0 Å². The molecule has 2 rings (SSSR count). The molecule has 1 aromatic heterocycles. The molecule has 0 radical (unpaired) electrons. The van der Waals surface area contributed by atoms with Crippen molar-refractivity contribution in [3.05, 3.63) is 45.5 Å². The molecule has 2 heterocycles. The zero-order chi connectivity index (χ0) is 20.8. The Morgan fingerprint density at radius 3 is 2.19 bits per heavy atom. The number of halogens is 4. The van der Waals surface area contributed by atoms with Crippen LogP contribution in [0.15, 0.2) is 34.4 Å². The van der Waals surface area contributed by atoms with Gasteiger partial charge in [-0.2, -0.15) is 13.2 Å². The summed E-state index contributed by atoms with van der Waals surface area (Å²) >= 11 is 0. The fourth-order valence-corrected chi connectivity index (χ4v) is 2.38. The minimum absolute atomic E-state index is 0.469. The molecule has 1 aliphatic rings. The lowest BCUT2D eigenvalue weighted by molar-refractivity contribution is -0.0965. The zero-order valence-corrected chi connectivity index (χ0v) is 15.1. The van der Waals surface area contributed by atoms with E-state index in [2.05, 4.69) is 0 Å². The number of aromatic nitrogens is 1. The average Bonchev–Trinajstić information content (AvgIpc) is 2.72. The third-order valence-electron chi connectivity index (χ3n) is 4.67. The Balaban J connectivity index is 2.49. The number of hydrogen-bond donors (Lipinski definition) is 1. The molecule has 6 nitrogen and oxygen atoms in total. The quantitative estimate of drug-likeness (QED) is 0.631.